The number of fused-ring (bicyclic) bond motifs is 3. The van der Waals surface area contributed by atoms with Crippen molar-refractivity contribution >= 4 is 21.8 Å². The predicted molar refractivity (Wildman–Crippen MR) is 185 cm³/mol. The molecule has 2 heterocycles. The Morgan fingerprint density at radius 1 is 0.500 bits per heavy atom. The third kappa shape index (κ3) is 4.70. The number of nitrogens with zero attached hydrogens (tertiary/aromatic N) is 5. The van der Waals surface area contributed by atoms with Crippen LogP contribution in [0.1, 0.15) is 11.1 Å². The van der Waals surface area contributed by atoms with Crippen LogP contribution in [-0.4, -0.2) is 19.5 Å². The van der Waals surface area contributed by atoms with Crippen LogP contribution < -0.4 is 0 Å². The van der Waals surface area contributed by atoms with Crippen LogP contribution in [-0.2, 0) is 0 Å². The van der Waals surface area contributed by atoms with Crippen molar-refractivity contribution in [3.8, 4) is 57.0 Å². The molecule has 8 aromatic rings. The van der Waals surface area contributed by atoms with Crippen molar-refractivity contribution in [1.29, 1.82) is 5.26 Å². The van der Waals surface area contributed by atoms with Gasteiger partial charge in [-0.2, -0.15) is 5.26 Å². The fourth-order valence-corrected chi connectivity index (χ4v) is 6.17. The van der Waals surface area contributed by atoms with Gasteiger partial charge in [0.05, 0.1) is 22.7 Å². The van der Waals surface area contributed by atoms with Crippen molar-refractivity contribution in [2.24, 2.45) is 0 Å². The predicted octanol–water partition coefficient (Wildman–Crippen LogP) is 9.82. The molecule has 5 nitrogen and oxygen atoms in total. The largest absolute Gasteiger partial charge is 0.309 e. The molecule has 0 aliphatic carbocycles. The Morgan fingerprint density at radius 2 is 1.07 bits per heavy atom. The second-order valence-corrected chi connectivity index (χ2v) is 11.3. The molecule has 6 aromatic carbocycles. The summed E-state index contributed by atoms with van der Waals surface area (Å²) in [5, 5.41) is 12.7. The topological polar surface area (TPSA) is 67.4 Å². The summed E-state index contributed by atoms with van der Waals surface area (Å²) in [4.78, 5) is 14.5. The smallest absolute Gasteiger partial charge is 0.165 e. The number of para-hydroxylation sites is 2. The molecule has 0 spiro atoms. The summed E-state index contributed by atoms with van der Waals surface area (Å²) in [7, 11) is 0. The summed E-state index contributed by atoms with van der Waals surface area (Å²) in [6, 6.07) is 51.6. The second-order valence-electron chi connectivity index (χ2n) is 11.3. The molecular weight excluding hydrogens is 562 g/mol. The Hall–Kier alpha value is -6.38. The average Bonchev–Trinajstić information content (AvgIpc) is 3.45. The normalized spacial score (nSPS) is 11.1. The van der Waals surface area contributed by atoms with Gasteiger partial charge < -0.3 is 4.57 Å². The zero-order valence-electron chi connectivity index (χ0n) is 25.1. The number of nitriles is 1. The monoisotopic (exact) mass is 589 g/mol. The van der Waals surface area contributed by atoms with Gasteiger partial charge >= 0.3 is 0 Å². The summed E-state index contributed by atoms with van der Waals surface area (Å²) in [6.07, 6.45) is 0. The van der Waals surface area contributed by atoms with Crippen LogP contribution in [0.3, 0.4) is 0 Å². The van der Waals surface area contributed by atoms with Crippen molar-refractivity contribution in [3.05, 3.63) is 157 Å². The van der Waals surface area contributed by atoms with Gasteiger partial charge in [-0.05, 0) is 60.0 Å². The highest BCUT2D eigenvalue weighted by Crippen LogP contribution is 2.36. The van der Waals surface area contributed by atoms with E-state index in [1.54, 1.807) is 0 Å². The van der Waals surface area contributed by atoms with Gasteiger partial charge in [-0.3, -0.25) is 0 Å². The molecule has 0 aliphatic rings. The Morgan fingerprint density at radius 3 is 1.76 bits per heavy atom. The van der Waals surface area contributed by atoms with Crippen LogP contribution in [0.5, 0.6) is 0 Å². The highest BCUT2D eigenvalue weighted by molar-refractivity contribution is 6.10. The lowest BCUT2D eigenvalue weighted by Crippen LogP contribution is -2.01. The molecule has 0 amide bonds. The number of aromatic nitrogens is 4. The Kier molecular flexibility index (Phi) is 6.67. The quantitative estimate of drug-likeness (QED) is 0.200. The van der Waals surface area contributed by atoms with Crippen LogP contribution >= 0.6 is 0 Å². The summed E-state index contributed by atoms with van der Waals surface area (Å²) in [6.45, 7) is 2.15. The van der Waals surface area contributed by atoms with Gasteiger partial charge in [0.15, 0.2) is 17.5 Å². The fourth-order valence-electron chi connectivity index (χ4n) is 6.17. The van der Waals surface area contributed by atoms with E-state index >= 15 is 0 Å². The van der Waals surface area contributed by atoms with Crippen LogP contribution in [0, 0.1) is 18.3 Å². The molecule has 216 valence electrons. The van der Waals surface area contributed by atoms with Gasteiger partial charge in [0, 0.05) is 33.2 Å². The number of aryl methyl sites for hydroxylation is 1. The van der Waals surface area contributed by atoms with Gasteiger partial charge in [-0.1, -0.05) is 109 Å². The number of hydrogen-bond acceptors (Lipinski definition) is 4. The fraction of sp³-hybridized carbons (Fsp3) is 0.0244. The minimum atomic E-state index is 0.465. The zero-order valence-corrected chi connectivity index (χ0v) is 25.1. The highest BCUT2D eigenvalue weighted by atomic mass is 15.0. The van der Waals surface area contributed by atoms with Gasteiger partial charge in [0.2, 0.25) is 0 Å². The lowest BCUT2D eigenvalue weighted by atomic mass is 9.97. The summed E-state index contributed by atoms with van der Waals surface area (Å²) in [5.74, 6) is 1.59. The molecule has 0 bridgehead atoms. The molecule has 0 fully saturated rings. The second kappa shape index (κ2) is 11.3. The van der Waals surface area contributed by atoms with Crippen molar-refractivity contribution in [3.63, 3.8) is 0 Å². The Bertz CT molecular complexity index is 2380. The first kappa shape index (κ1) is 27.2. The standard InChI is InChI=1S/C41H27N5/c1-27-12-8-10-18-36(27)46-37-19-11-9-17-34(37)35-25-31(21-23-38(35)46)30-20-22-33(32(24-30)26-42)41-44-39(28-13-4-2-5-14-28)43-40(45-41)29-15-6-3-7-16-29/h2-25H,1H3. The molecule has 0 unspecified atom stereocenters. The minimum Gasteiger partial charge on any atom is -0.309 e. The van der Waals surface area contributed by atoms with Crippen LogP contribution in [0.15, 0.2) is 146 Å². The molecule has 0 N–H and O–H groups in total. The molecule has 5 heteroatoms. The first-order valence-corrected chi connectivity index (χ1v) is 15.2. The molecule has 2 aromatic heterocycles. The maximum atomic E-state index is 10.4. The highest BCUT2D eigenvalue weighted by Gasteiger charge is 2.17. The first-order chi connectivity index (χ1) is 22.7. The molecular formula is C41H27N5. The van der Waals surface area contributed by atoms with E-state index in [0.717, 1.165) is 38.7 Å². The molecule has 0 radical (unpaired) electrons. The third-order valence-electron chi connectivity index (χ3n) is 8.44. The van der Waals surface area contributed by atoms with Gasteiger partial charge in [-0.15, -0.1) is 0 Å². The number of hydrogen-bond donors (Lipinski definition) is 0. The van der Waals surface area contributed by atoms with Crippen LogP contribution in [0.2, 0.25) is 0 Å². The SMILES string of the molecule is Cc1ccccc1-n1c2ccccc2c2cc(-c3ccc(-c4nc(-c5ccccc5)nc(-c5ccccc5)n4)c(C#N)c3)ccc21. The van der Waals surface area contributed by atoms with Crippen molar-refractivity contribution < 1.29 is 0 Å². The van der Waals surface area contributed by atoms with Gasteiger partial charge in [-0.25, -0.2) is 15.0 Å². The lowest BCUT2D eigenvalue weighted by Gasteiger charge is -2.12. The zero-order chi connectivity index (χ0) is 31.0. The minimum absolute atomic E-state index is 0.465. The van der Waals surface area contributed by atoms with Crippen molar-refractivity contribution in [1.82, 2.24) is 19.5 Å². The summed E-state index contributed by atoms with van der Waals surface area (Å²) >= 11 is 0. The summed E-state index contributed by atoms with van der Waals surface area (Å²) < 4.78 is 2.34. The number of rotatable bonds is 5. The van der Waals surface area contributed by atoms with Crippen LogP contribution in [0.4, 0.5) is 0 Å². The van der Waals surface area contributed by atoms with Crippen LogP contribution in [0.25, 0.3) is 72.8 Å². The molecule has 0 aliphatic heterocycles. The van der Waals surface area contributed by atoms with E-state index in [1.165, 1.54) is 16.6 Å². The lowest BCUT2D eigenvalue weighted by molar-refractivity contribution is 1.07. The first-order valence-electron chi connectivity index (χ1n) is 15.2. The molecule has 46 heavy (non-hydrogen) atoms. The van der Waals surface area contributed by atoms with Crippen molar-refractivity contribution in [2.75, 3.05) is 0 Å². The molecule has 0 atom stereocenters. The van der Waals surface area contributed by atoms with Crippen molar-refractivity contribution in [2.45, 2.75) is 6.92 Å². The van der Waals surface area contributed by atoms with E-state index in [0.29, 0.717) is 28.6 Å². The van der Waals surface area contributed by atoms with E-state index in [-0.39, 0.29) is 0 Å². The molecule has 0 saturated heterocycles. The third-order valence-corrected chi connectivity index (χ3v) is 8.44. The number of benzene rings is 6. The van der Waals surface area contributed by atoms with E-state index in [9.17, 15) is 5.26 Å². The van der Waals surface area contributed by atoms with E-state index in [4.69, 9.17) is 15.0 Å². The molecule has 8 rings (SSSR count). The van der Waals surface area contributed by atoms with E-state index in [1.807, 2.05) is 78.9 Å². The maximum absolute atomic E-state index is 10.4. The van der Waals surface area contributed by atoms with Gasteiger partial charge in [0.25, 0.3) is 0 Å². The van der Waals surface area contributed by atoms with Gasteiger partial charge in [0.1, 0.15) is 0 Å². The Balaban J connectivity index is 1.26. The maximum Gasteiger partial charge on any atom is 0.165 e. The van der Waals surface area contributed by atoms with E-state index in [2.05, 4.69) is 84.3 Å². The average molecular weight is 590 g/mol. The summed E-state index contributed by atoms with van der Waals surface area (Å²) in [5.41, 5.74) is 9.62. The Labute approximate surface area is 266 Å². The van der Waals surface area contributed by atoms with E-state index < -0.39 is 0 Å². The molecule has 0 saturated carbocycles.